The van der Waals surface area contributed by atoms with E-state index in [1.54, 1.807) is 13.3 Å². The Morgan fingerprint density at radius 3 is 2.48 bits per heavy atom. The number of anilines is 1. The molecular formula is C24H23IN2O4. The molecule has 31 heavy (non-hydrogen) atoms. The van der Waals surface area contributed by atoms with E-state index in [1.807, 2.05) is 73.7 Å². The molecule has 0 bridgehead atoms. The molecule has 7 heteroatoms. The summed E-state index contributed by atoms with van der Waals surface area (Å²) in [5.74, 6) is 1.62. The Labute approximate surface area is 195 Å². The van der Waals surface area contributed by atoms with Crippen molar-refractivity contribution in [3.8, 4) is 17.2 Å². The zero-order chi connectivity index (χ0) is 22.1. The number of hydrogen-bond acceptors (Lipinski definition) is 5. The molecule has 3 rings (SSSR count). The number of benzene rings is 3. The van der Waals surface area contributed by atoms with Gasteiger partial charge in [0.15, 0.2) is 18.1 Å². The molecule has 1 amide bonds. The van der Waals surface area contributed by atoms with Crippen molar-refractivity contribution in [2.75, 3.05) is 25.6 Å². The Hall–Kier alpha value is -3.07. The second kappa shape index (κ2) is 11.4. The van der Waals surface area contributed by atoms with Gasteiger partial charge in [-0.25, -0.2) is 0 Å². The van der Waals surface area contributed by atoms with Gasteiger partial charge in [0.05, 0.1) is 23.0 Å². The largest absolute Gasteiger partial charge is 0.494 e. The summed E-state index contributed by atoms with van der Waals surface area (Å²) < 4.78 is 17.5. The summed E-state index contributed by atoms with van der Waals surface area (Å²) in [7, 11) is 1.57. The number of amides is 1. The van der Waals surface area contributed by atoms with Crippen LogP contribution in [0.4, 0.5) is 11.4 Å². The number of aliphatic imine (C=N–C) groups is 1. The normalized spacial score (nSPS) is 10.7. The maximum Gasteiger partial charge on any atom is 0.262 e. The van der Waals surface area contributed by atoms with Crippen LogP contribution < -0.4 is 19.5 Å². The monoisotopic (exact) mass is 530 g/mol. The lowest BCUT2D eigenvalue weighted by Gasteiger charge is -2.13. The molecule has 0 atom stereocenters. The minimum atomic E-state index is -0.245. The van der Waals surface area contributed by atoms with E-state index >= 15 is 0 Å². The lowest BCUT2D eigenvalue weighted by Crippen LogP contribution is -2.20. The minimum absolute atomic E-state index is 0.124. The van der Waals surface area contributed by atoms with Crippen molar-refractivity contribution < 1.29 is 19.0 Å². The van der Waals surface area contributed by atoms with Crippen LogP contribution in [0.5, 0.6) is 17.2 Å². The molecule has 0 fully saturated rings. The zero-order valence-electron chi connectivity index (χ0n) is 17.3. The van der Waals surface area contributed by atoms with E-state index in [0.29, 0.717) is 18.1 Å². The van der Waals surface area contributed by atoms with Crippen LogP contribution in [0.25, 0.3) is 0 Å². The van der Waals surface area contributed by atoms with Gasteiger partial charge < -0.3 is 19.5 Å². The van der Waals surface area contributed by atoms with Crippen LogP contribution in [0.2, 0.25) is 0 Å². The number of rotatable bonds is 9. The number of nitrogens with zero attached hydrogens (tertiary/aromatic N) is 1. The molecule has 0 spiro atoms. The van der Waals surface area contributed by atoms with Gasteiger partial charge >= 0.3 is 0 Å². The molecule has 3 aromatic rings. The minimum Gasteiger partial charge on any atom is -0.494 e. The van der Waals surface area contributed by atoms with Gasteiger partial charge in [0.2, 0.25) is 0 Å². The maximum absolute atomic E-state index is 12.2. The van der Waals surface area contributed by atoms with Crippen molar-refractivity contribution >= 4 is 46.1 Å². The van der Waals surface area contributed by atoms with Crippen LogP contribution in [0, 0.1) is 3.57 Å². The molecule has 3 aromatic carbocycles. The molecule has 0 aromatic heterocycles. The quantitative estimate of drug-likeness (QED) is 0.295. The van der Waals surface area contributed by atoms with Gasteiger partial charge in [-0.15, -0.1) is 0 Å². The third kappa shape index (κ3) is 6.71. The van der Waals surface area contributed by atoms with E-state index in [4.69, 9.17) is 14.2 Å². The van der Waals surface area contributed by atoms with Gasteiger partial charge in [-0.1, -0.05) is 18.2 Å². The predicted molar refractivity (Wildman–Crippen MR) is 131 cm³/mol. The summed E-state index contributed by atoms with van der Waals surface area (Å²) in [6, 6.07) is 20.6. The van der Waals surface area contributed by atoms with E-state index in [1.165, 1.54) is 0 Å². The molecule has 160 valence electrons. The first kappa shape index (κ1) is 22.6. The first-order chi connectivity index (χ1) is 15.1. The van der Waals surface area contributed by atoms with Gasteiger partial charge in [-0.05, 0) is 83.6 Å². The van der Waals surface area contributed by atoms with Gasteiger partial charge in [-0.3, -0.25) is 9.79 Å². The number of hydrogen-bond donors (Lipinski definition) is 1. The summed E-state index contributed by atoms with van der Waals surface area (Å²) in [6.45, 7) is 2.45. The first-order valence-corrected chi connectivity index (χ1v) is 10.8. The van der Waals surface area contributed by atoms with Crippen molar-refractivity contribution in [2.24, 2.45) is 4.99 Å². The Bertz CT molecular complexity index is 1040. The highest BCUT2D eigenvalue weighted by Gasteiger charge is 2.13. The SMILES string of the molecule is CCOc1ccc(N=Cc2cc(I)c(OCC(=O)Nc3ccccc3)c(OC)c2)cc1. The molecule has 0 aliphatic heterocycles. The molecular weight excluding hydrogens is 507 g/mol. The third-order valence-electron chi connectivity index (χ3n) is 4.17. The van der Waals surface area contributed by atoms with Gasteiger partial charge in [0.1, 0.15) is 5.75 Å². The molecule has 6 nitrogen and oxygen atoms in total. The standard InChI is InChI=1S/C24H23IN2O4/c1-3-30-20-11-9-18(10-12-20)26-15-17-13-21(25)24(22(14-17)29-2)31-16-23(28)27-19-7-5-4-6-8-19/h4-15H,3,16H2,1-2H3,(H,27,28). The van der Waals surface area contributed by atoms with E-state index in [0.717, 1.165) is 26.3 Å². The Kier molecular flexibility index (Phi) is 8.28. The van der Waals surface area contributed by atoms with Crippen LogP contribution >= 0.6 is 22.6 Å². The van der Waals surface area contributed by atoms with Gasteiger partial charge in [0.25, 0.3) is 5.91 Å². The Balaban J connectivity index is 1.67. The second-order valence-electron chi connectivity index (χ2n) is 6.42. The fraction of sp³-hybridized carbons (Fsp3) is 0.167. The van der Waals surface area contributed by atoms with Crippen molar-refractivity contribution in [1.29, 1.82) is 0 Å². The molecule has 0 aliphatic carbocycles. The van der Waals surface area contributed by atoms with Crippen molar-refractivity contribution in [3.05, 3.63) is 75.9 Å². The van der Waals surface area contributed by atoms with Crippen LogP contribution in [0.1, 0.15) is 12.5 Å². The molecule has 0 saturated heterocycles. The Morgan fingerprint density at radius 1 is 1.06 bits per heavy atom. The lowest BCUT2D eigenvalue weighted by atomic mass is 10.2. The third-order valence-corrected chi connectivity index (χ3v) is 4.97. The van der Waals surface area contributed by atoms with Crippen LogP contribution in [-0.2, 0) is 4.79 Å². The van der Waals surface area contributed by atoms with Gasteiger partial charge in [0, 0.05) is 11.9 Å². The molecule has 0 heterocycles. The zero-order valence-corrected chi connectivity index (χ0v) is 19.5. The predicted octanol–water partition coefficient (Wildman–Crippen LogP) is 5.47. The molecule has 1 N–H and O–H groups in total. The first-order valence-electron chi connectivity index (χ1n) is 9.71. The van der Waals surface area contributed by atoms with Crippen LogP contribution in [-0.4, -0.2) is 32.4 Å². The number of methoxy groups -OCH3 is 1. The summed E-state index contributed by atoms with van der Waals surface area (Å²) in [5, 5.41) is 2.79. The average molecular weight is 530 g/mol. The number of para-hydroxylation sites is 1. The van der Waals surface area contributed by atoms with Crippen molar-refractivity contribution in [3.63, 3.8) is 0 Å². The van der Waals surface area contributed by atoms with E-state index in [-0.39, 0.29) is 12.5 Å². The maximum atomic E-state index is 12.2. The summed E-state index contributed by atoms with van der Waals surface area (Å²) >= 11 is 2.16. The van der Waals surface area contributed by atoms with E-state index in [2.05, 4.69) is 32.9 Å². The van der Waals surface area contributed by atoms with Crippen LogP contribution in [0.15, 0.2) is 71.7 Å². The number of ether oxygens (including phenoxy) is 3. The van der Waals surface area contributed by atoms with E-state index in [9.17, 15) is 4.79 Å². The summed E-state index contributed by atoms with van der Waals surface area (Å²) in [4.78, 5) is 16.7. The Morgan fingerprint density at radius 2 is 1.81 bits per heavy atom. The highest BCUT2D eigenvalue weighted by atomic mass is 127. The fourth-order valence-electron chi connectivity index (χ4n) is 2.75. The van der Waals surface area contributed by atoms with Crippen molar-refractivity contribution in [1.82, 2.24) is 0 Å². The smallest absolute Gasteiger partial charge is 0.262 e. The lowest BCUT2D eigenvalue weighted by molar-refractivity contribution is -0.118. The van der Waals surface area contributed by atoms with Gasteiger partial charge in [-0.2, -0.15) is 0 Å². The number of nitrogens with one attached hydrogen (secondary N) is 1. The van der Waals surface area contributed by atoms with Crippen LogP contribution in [0.3, 0.4) is 0 Å². The average Bonchev–Trinajstić information content (AvgIpc) is 2.78. The fourth-order valence-corrected chi connectivity index (χ4v) is 3.54. The number of carbonyl (C=O) groups is 1. The highest BCUT2D eigenvalue weighted by molar-refractivity contribution is 14.1. The number of carbonyl (C=O) groups excluding carboxylic acids is 1. The van der Waals surface area contributed by atoms with Crippen molar-refractivity contribution in [2.45, 2.75) is 6.92 Å². The molecule has 0 aliphatic rings. The topological polar surface area (TPSA) is 69.2 Å². The molecule has 0 unspecified atom stereocenters. The summed E-state index contributed by atoms with van der Waals surface area (Å²) in [6.07, 6.45) is 1.76. The second-order valence-corrected chi connectivity index (χ2v) is 7.58. The van der Waals surface area contributed by atoms with E-state index < -0.39 is 0 Å². The molecule has 0 saturated carbocycles. The highest BCUT2D eigenvalue weighted by Crippen LogP contribution is 2.33. The summed E-state index contributed by atoms with van der Waals surface area (Å²) in [5.41, 5.74) is 2.39. The molecule has 0 radical (unpaired) electrons. The number of halogens is 1.